The van der Waals surface area contributed by atoms with Crippen molar-refractivity contribution in [2.75, 3.05) is 0 Å². The van der Waals surface area contributed by atoms with Crippen LogP contribution in [0.1, 0.15) is 5.56 Å². The fourth-order valence-corrected chi connectivity index (χ4v) is 1.78. The van der Waals surface area contributed by atoms with Crippen molar-refractivity contribution in [1.29, 1.82) is 0 Å². The third kappa shape index (κ3) is 1.69. The Kier molecular flexibility index (Phi) is 2.18. The molecule has 0 bridgehead atoms. The van der Waals surface area contributed by atoms with Gasteiger partial charge >= 0.3 is 0 Å². The van der Waals surface area contributed by atoms with Crippen LogP contribution in [0.15, 0.2) is 46.9 Å². The second kappa shape index (κ2) is 3.70. The van der Waals surface area contributed by atoms with Gasteiger partial charge in [-0.1, -0.05) is 18.2 Å². The van der Waals surface area contributed by atoms with Gasteiger partial charge in [0.05, 0.1) is 5.56 Å². The number of halogens is 1. The Labute approximate surface area is 97.7 Å². The first-order valence-corrected chi connectivity index (χ1v) is 5.36. The number of nitrogens with zero attached hydrogens (tertiary/aromatic N) is 1. The minimum atomic E-state index is -0.309. The lowest BCUT2D eigenvalue weighted by atomic mass is 10.1. The lowest BCUT2D eigenvalue weighted by molar-refractivity contribution is 0.593. The molecule has 3 rings (SSSR count). The smallest absolute Gasteiger partial charge is 0.230 e. The number of aryl methyl sites for hydroxylation is 1. The van der Waals surface area contributed by atoms with E-state index in [-0.39, 0.29) is 5.82 Å². The number of hydrogen-bond acceptors (Lipinski definition) is 2. The van der Waals surface area contributed by atoms with Crippen LogP contribution in [0.4, 0.5) is 4.39 Å². The van der Waals surface area contributed by atoms with Crippen LogP contribution in [0.3, 0.4) is 0 Å². The minimum Gasteiger partial charge on any atom is -0.436 e. The summed E-state index contributed by atoms with van der Waals surface area (Å²) in [5.41, 5.74) is 2.68. The lowest BCUT2D eigenvalue weighted by Gasteiger charge is -1.98. The van der Waals surface area contributed by atoms with Crippen LogP contribution >= 0.6 is 0 Å². The molecule has 0 atom stereocenters. The first kappa shape index (κ1) is 10.0. The molecule has 0 saturated carbocycles. The average molecular weight is 227 g/mol. The van der Waals surface area contributed by atoms with Crippen LogP contribution in [0, 0.1) is 12.7 Å². The Morgan fingerprint density at radius 2 is 1.94 bits per heavy atom. The zero-order valence-corrected chi connectivity index (χ0v) is 9.27. The van der Waals surface area contributed by atoms with Crippen molar-refractivity contribution in [1.82, 2.24) is 4.98 Å². The summed E-state index contributed by atoms with van der Waals surface area (Å²) < 4.78 is 19.3. The topological polar surface area (TPSA) is 26.0 Å². The number of fused-ring (bicyclic) bond motifs is 1. The summed E-state index contributed by atoms with van der Waals surface area (Å²) in [6.45, 7) is 1.85. The van der Waals surface area contributed by atoms with Gasteiger partial charge in [0.15, 0.2) is 5.58 Å². The highest BCUT2D eigenvalue weighted by Crippen LogP contribution is 2.26. The summed E-state index contributed by atoms with van der Waals surface area (Å²) in [7, 11) is 0. The van der Waals surface area contributed by atoms with E-state index in [0.29, 0.717) is 17.0 Å². The van der Waals surface area contributed by atoms with Gasteiger partial charge in [0.2, 0.25) is 5.89 Å². The standard InChI is InChI=1S/C14H10FNO/c1-9-6-7-10(11(15)8-9)14-16-12-4-2-3-5-13(12)17-14/h2-8H,1H3. The minimum absolute atomic E-state index is 0.309. The SMILES string of the molecule is Cc1ccc(-c2nc3ccccc3o2)c(F)c1. The molecule has 1 heterocycles. The van der Waals surface area contributed by atoms with Crippen molar-refractivity contribution < 1.29 is 8.81 Å². The van der Waals surface area contributed by atoms with E-state index in [1.54, 1.807) is 6.07 Å². The van der Waals surface area contributed by atoms with Gasteiger partial charge in [-0.25, -0.2) is 9.37 Å². The maximum absolute atomic E-state index is 13.8. The average Bonchev–Trinajstić information content (AvgIpc) is 2.72. The van der Waals surface area contributed by atoms with E-state index in [2.05, 4.69) is 4.98 Å². The van der Waals surface area contributed by atoms with Gasteiger partial charge in [0.25, 0.3) is 0 Å². The Morgan fingerprint density at radius 3 is 2.71 bits per heavy atom. The van der Waals surface area contributed by atoms with Gasteiger partial charge in [-0.2, -0.15) is 0 Å². The molecule has 3 heteroatoms. The molecule has 0 aliphatic heterocycles. The van der Waals surface area contributed by atoms with E-state index >= 15 is 0 Å². The third-order valence-electron chi connectivity index (χ3n) is 2.65. The molecule has 17 heavy (non-hydrogen) atoms. The number of aromatic nitrogens is 1. The fraction of sp³-hybridized carbons (Fsp3) is 0.0714. The van der Waals surface area contributed by atoms with Crippen LogP contribution in [-0.4, -0.2) is 4.98 Å². The summed E-state index contributed by atoms with van der Waals surface area (Å²) in [6, 6.07) is 12.4. The highest BCUT2D eigenvalue weighted by Gasteiger charge is 2.11. The van der Waals surface area contributed by atoms with Crippen LogP contribution < -0.4 is 0 Å². The zero-order valence-electron chi connectivity index (χ0n) is 9.27. The molecule has 0 unspecified atom stereocenters. The largest absolute Gasteiger partial charge is 0.436 e. The van der Waals surface area contributed by atoms with Crippen molar-refractivity contribution in [2.24, 2.45) is 0 Å². The summed E-state index contributed by atoms with van der Waals surface area (Å²) in [5, 5.41) is 0. The summed E-state index contributed by atoms with van der Waals surface area (Å²) in [4.78, 5) is 4.27. The van der Waals surface area contributed by atoms with E-state index < -0.39 is 0 Å². The van der Waals surface area contributed by atoms with Gasteiger partial charge in [-0.15, -0.1) is 0 Å². The maximum Gasteiger partial charge on any atom is 0.230 e. The van der Waals surface area contributed by atoms with E-state index in [1.165, 1.54) is 6.07 Å². The van der Waals surface area contributed by atoms with Gasteiger partial charge < -0.3 is 4.42 Å². The molecule has 0 saturated heterocycles. The number of benzene rings is 2. The zero-order chi connectivity index (χ0) is 11.8. The Morgan fingerprint density at radius 1 is 1.12 bits per heavy atom. The van der Waals surface area contributed by atoms with Crippen LogP contribution in [0.25, 0.3) is 22.6 Å². The highest BCUT2D eigenvalue weighted by molar-refractivity contribution is 5.76. The number of oxazole rings is 1. The highest BCUT2D eigenvalue weighted by atomic mass is 19.1. The molecule has 0 aliphatic rings. The molecule has 3 aromatic rings. The molecule has 2 aromatic carbocycles. The maximum atomic E-state index is 13.8. The van der Waals surface area contributed by atoms with Gasteiger partial charge in [-0.05, 0) is 36.8 Å². The van der Waals surface area contributed by atoms with Crippen LogP contribution in [-0.2, 0) is 0 Å². The molecule has 0 amide bonds. The molecule has 1 aromatic heterocycles. The van der Waals surface area contributed by atoms with Gasteiger partial charge in [-0.3, -0.25) is 0 Å². The molecule has 0 aliphatic carbocycles. The predicted molar refractivity (Wildman–Crippen MR) is 64.1 cm³/mol. The number of hydrogen-bond donors (Lipinski definition) is 0. The number of para-hydroxylation sites is 2. The molecule has 2 nitrogen and oxygen atoms in total. The molecule has 84 valence electrons. The fourth-order valence-electron chi connectivity index (χ4n) is 1.78. The van der Waals surface area contributed by atoms with Gasteiger partial charge in [0.1, 0.15) is 11.3 Å². The van der Waals surface area contributed by atoms with Crippen molar-refractivity contribution in [3.05, 3.63) is 53.8 Å². The second-order valence-electron chi connectivity index (χ2n) is 3.97. The second-order valence-corrected chi connectivity index (χ2v) is 3.97. The first-order valence-electron chi connectivity index (χ1n) is 5.36. The molecular weight excluding hydrogens is 217 g/mol. The van der Waals surface area contributed by atoms with Crippen LogP contribution in [0.2, 0.25) is 0 Å². The predicted octanol–water partition coefficient (Wildman–Crippen LogP) is 3.94. The first-order chi connectivity index (χ1) is 8.24. The van der Waals surface area contributed by atoms with Crippen molar-refractivity contribution in [3.8, 4) is 11.5 Å². The van der Waals surface area contributed by atoms with E-state index in [4.69, 9.17) is 4.42 Å². The quantitative estimate of drug-likeness (QED) is 0.629. The third-order valence-corrected chi connectivity index (χ3v) is 2.65. The Balaban J connectivity index is 2.20. The monoisotopic (exact) mass is 227 g/mol. The molecule has 0 spiro atoms. The summed E-state index contributed by atoms with van der Waals surface area (Å²) >= 11 is 0. The molecular formula is C14H10FNO. The van der Waals surface area contributed by atoms with Crippen molar-refractivity contribution in [2.45, 2.75) is 6.92 Å². The van der Waals surface area contributed by atoms with Crippen LogP contribution in [0.5, 0.6) is 0 Å². The van der Waals surface area contributed by atoms with Crippen molar-refractivity contribution >= 4 is 11.1 Å². The summed E-state index contributed by atoms with van der Waals surface area (Å²) in [6.07, 6.45) is 0. The normalized spacial score (nSPS) is 10.9. The van der Waals surface area contributed by atoms with Gasteiger partial charge in [0, 0.05) is 0 Å². The molecule has 0 fully saturated rings. The van der Waals surface area contributed by atoms with E-state index in [1.807, 2.05) is 37.3 Å². The number of rotatable bonds is 1. The summed E-state index contributed by atoms with van der Waals surface area (Å²) in [5.74, 6) is 0.0141. The molecule has 0 N–H and O–H groups in total. The van der Waals surface area contributed by atoms with E-state index in [0.717, 1.165) is 11.1 Å². The Bertz CT molecular complexity index is 655. The lowest BCUT2D eigenvalue weighted by Crippen LogP contribution is -1.85. The van der Waals surface area contributed by atoms with E-state index in [9.17, 15) is 4.39 Å². The Hall–Kier alpha value is -2.16. The van der Waals surface area contributed by atoms with Crippen molar-refractivity contribution in [3.63, 3.8) is 0 Å². The molecule has 0 radical (unpaired) electrons.